The number of hydrogen-bond donors (Lipinski definition) is 4. The van der Waals surface area contributed by atoms with Crippen molar-refractivity contribution >= 4 is 28.5 Å². The Hall–Kier alpha value is -2.61. The molecule has 0 bridgehead atoms. The summed E-state index contributed by atoms with van der Waals surface area (Å²) in [7, 11) is 1.64. The van der Waals surface area contributed by atoms with Gasteiger partial charge in [-0.25, -0.2) is 15.8 Å². The molecular formula is C19H20ClN5O2. The van der Waals surface area contributed by atoms with E-state index in [2.05, 4.69) is 26.1 Å². The second-order valence-corrected chi connectivity index (χ2v) is 6.91. The molecule has 1 fully saturated rings. The van der Waals surface area contributed by atoms with Crippen LogP contribution in [0.5, 0.6) is 5.75 Å². The third-order valence-corrected chi connectivity index (χ3v) is 4.87. The third-order valence-electron chi connectivity index (χ3n) is 4.64. The van der Waals surface area contributed by atoms with Crippen LogP contribution < -0.4 is 20.9 Å². The fraction of sp³-hybridized carbons (Fsp3) is 0.263. The molecule has 2 heterocycles. The summed E-state index contributed by atoms with van der Waals surface area (Å²) >= 11 is 5.98. The van der Waals surface area contributed by atoms with E-state index in [1.165, 1.54) is 0 Å². The molecule has 0 saturated carbocycles. The number of hydrogen-bond acceptors (Lipinski definition) is 5. The number of aromatic amines is 1. The highest BCUT2D eigenvalue weighted by Crippen LogP contribution is 2.25. The largest absolute Gasteiger partial charge is 0.497 e. The van der Waals surface area contributed by atoms with Gasteiger partial charge in [0.25, 0.3) is 0 Å². The van der Waals surface area contributed by atoms with Gasteiger partial charge < -0.3 is 15.0 Å². The van der Waals surface area contributed by atoms with Crippen molar-refractivity contribution < 1.29 is 9.53 Å². The Balaban J connectivity index is 1.35. The van der Waals surface area contributed by atoms with Gasteiger partial charge in [0.05, 0.1) is 24.7 Å². The first-order valence-corrected chi connectivity index (χ1v) is 9.07. The molecule has 1 aliphatic heterocycles. The number of rotatable bonds is 5. The van der Waals surface area contributed by atoms with Crippen LogP contribution in [0.4, 0.5) is 0 Å². The quantitative estimate of drug-likeness (QED) is 0.541. The molecule has 3 aromatic rings. The summed E-state index contributed by atoms with van der Waals surface area (Å²) in [5.41, 5.74) is 8.99. The van der Waals surface area contributed by atoms with E-state index < -0.39 is 0 Å². The topological polar surface area (TPSA) is 91.1 Å². The van der Waals surface area contributed by atoms with Gasteiger partial charge in [-0.05, 0) is 42.3 Å². The maximum absolute atomic E-state index is 12.5. The first-order valence-electron chi connectivity index (χ1n) is 8.69. The van der Waals surface area contributed by atoms with Crippen LogP contribution in [0.2, 0.25) is 5.02 Å². The minimum Gasteiger partial charge on any atom is -0.497 e. The van der Waals surface area contributed by atoms with Gasteiger partial charge in [0.2, 0.25) is 5.91 Å². The molecule has 1 amide bonds. The summed E-state index contributed by atoms with van der Waals surface area (Å²) in [6.07, 6.45) is 0.648. The van der Waals surface area contributed by atoms with E-state index in [1.807, 2.05) is 36.4 Å². The van der Waals surface area contributed by atoms with Gasteiger partial charge in [0.1, 0.15) is 17.6 Å². The molecule has 2 atom stereocenters. The van der Waals surface area contributed by atoms with Gasteiger partial charge >= 0.3 is 0 Å². The molecule has 4 rings (SSSR count). The molecule has 140 valence electrons. The number of halogens is 1. The lowest BCUT2D eigenvalue weighted by molar-refractivity contribution is -0.123. The van der Waals surface area contributed by atoms with Crippen LogP contribution in [0.25, 0.3) is 11.0 Å². The molecular weight excluding hydrogens is 366 g/mol. The lowest BCUT2D eigenvalue weighted by Crippen LogP contribution is -2.43. The first kappa shape index (κ1) is 17.8. The fourth-order valence-electron chi connectivity index (χ4n) is 3.22. The number of amides is 1. The van der Waals surface area contributed by atoms with Crippen LogP contribution in [0.3, 0.4) is 0 Å². The summed E-state index contributed by atoms with van der Waals surface area (Å²) in [6.45, 7) is 0.327. The normalized spacial score (nSPS) is 19.3. The number of hydrazine groups is 1. The third kappa shape index (κ3) is 3.90. The fourth-order valence-corrected chi connectivity index (χ4v) is 3.39. The zero-order valence-electron chi connectivity index (χ0n) is 14.8. The maximum Gasteiger partial charge on any atom is 0.238 e. The number of H-pyrrole nitrogens is 1. The summed E-state index contributed by atoms with van der Waals surface area (Å²) in [6, 6.07) is 13.0. The van der Waals surface area contributed by atoms with Crippen LogP contribution in [-0.2, 0) is 11.3 Å². The molecule has 0 aliphatic carbocycles. The van der Waals surface area contributed by atoms with E-state index >= 15 is 0 Å². The van der Waals surface area contributed by atoms with Crippen molar-refractivity contribution in [3.8, 4) is 5.75 Å². The summed E-state index contributed by atoms with van der Waals surface area (Å²) < 4.78 is 5.26. The summed E-state index contributed by atoms with van der Waals surface area (Å²) in [5.74, 6) is 1.41. The van der Waals surface area contributed by atoms with Gasteiger partial charge in [-0.3, -0.25) is 4.79 Å². The van der Waals surface area contributed by atoms with Crippen molar-refractivity contribution in [1.82, 2.24) is 26.1 Å². The SMILES string of the molecule is COc1cccc(C2CC(C(=O)NCc3nc4ccc(Cl)cc4[nH]3)NN2)c1. The number of nitrogens with one attached hydrogen (secondary N) is 4. The average Bonchev–Trinajstić information content (AvgIpc) is 3.33. The van der Waals surface area contributed by atoms with Gasteiger partial charge in [0, 0.05) is 11.1 Å². The minimum atomic E-state index is -0.319. The molecule has 1 aromatic heterocycles. The van der Waals surface area contributed by atoms with Crippen LogP contribution in [0.1, 0.15) is 23.9 Å². The second kappa shape index (κ2) is 7.56. The highest BCUT2D eigenvalue weighted by molar-refractivity contribution is 6.31. The van der Waals surface area contributed by atoms with E-state index in [4.69, 9.17) is 16.3 Å². The minimum absolute atomic E-state index is 0.0455. The Labute approximate surface area is 161 Å². The standard InChI is InChI=1S/C19H20ClN5O2/c1-27-13-4-2-3-11(7-13)15-9-17(25-24-15)19(26)21-10-18-22-14-6-5-12(20)8-16(14)23-18/h2-8,15,17,24-25H,9-10H2,1H3,(H,21,26)(H,22,23). The monoisotopic (exact) mass is 385 g/mol. The Morgan fingerprint density at radius 3 is 3.04 bits per heavy atom. The number of imidazole rings is 1. The lowest BCUT2D eigenvalue weighted by Gasteiger charge is -2.11. The van der Waals surface area contributed by atoms with Crippen molar-refractivity contribution in [2.75, 3.05) is 7.11 Å². The number of fused-ring (bicyclic) bond motifs is 1. The van der Waals surface area contributed by atoms with Crippen molar-refractivity contribution in [2.45, 2.75) is 25.0 Å². The molecule has 0 spiro atoms. The van der Waals surface area contributed by atoms with Crippen LogP contribution in [0, 0.1) is 0 Å². The number of nitrogens with zero attached hydrogens (tertiary/aromatic N) is 1. The van der Waals surface area contributed by atoms with Crippen LogP contribution in [-0.4, -0.2) is 29.0 Å². The molecule has 27 heavy (non-hydrogen) atoms. The van der Waals surface area contributed by atoms with E-state index in [0.717, 1.165) is 22.3 Å². The van der Waals surface area contributed by atoms with Gasteiger partial charge in [-0.1, -0.05) is 23.7 Å². The van der Waals surface area contributed by atoms with E-state index in [0.29, 0.717) is 23.8 Å². The average molecular weight is 386 g/mol. The van der Waals surface area contributed by atoms with Crippen molar-refractivity contribution in [3.63, 3.8) is 0 Å². The number of methoxy groups -OCH3 is 1. The highest BCUT2D eigenvalue weighted by Gasteiger charge is 2.30. The number of carbonyl (C=O) groups is 1. The summed E-state index contributed by atoms with van der Waals surface area (Å²) in [4.78, 5) is 20.1. The van der Waals surface area contributed by atoms with Crippen LogP contribution in [0.15, 0.2) is 42.5 Å². The Kier molecular flexibility index (Phi) is 4.98. The molecule has 2 unspecified atom stereocenters. The number of aromatic nitrogens is 2. The molecule has 1 aliphatic rings. The zero-order valence-corrected chi connectivity index (χ0v) is 15.5. The Bertz CT molecular complexity index is 974. The predicted octanol–water partition coefficient (Wildman–Crippen LogP) is 2.45. The van der Waals surface area contributed by atoms with Gasteiger partial charge in [-0.15, -0.1) is 0 Å². The second-order valence-electron chi connectivity index (χ2n) is 6.47. The lowest BCUT2D eigenvalue weighted by atomic mass is 10.0. The molecule has 4 N–H and O–H groups in total. The van der Waals surface area contributed by atoms with Crippen LogP contribution >= 0.6 is 11.6 Å². The van der Waals surface area contributed by atoms with Gasteiger partial charge in [-0.2, -0.15) is 0 Å². The predicted molar refractivity (Wildman–Crippen MR) is 103 cm³/mol. The number of ether oxygens (including phenoxy) is 1. The Morgan fingerprint density at radius 1 is 1.30 bits per heavy atom. The molecule has 7 nitrogen and oxygen atoms in total. The highest BCUT2D eigenvalue weighted by atomic mass is 35.5. The molecule has 0 radical (unpaired) electrons. The number of benzene rings is 2. The Morgan fingerprint density at radius 2 is 2.19 bits per heavy atom. The van der Waals surface area contributed by atoms with Crippen molar-refractivity contribution in [2.24, 2.45) is 0 Å². The number of carbonyl (C=O) groups excluding carboxylic acids is 1. The van der Waals surface area contributed by atoms with Gasteiger partial charge in [0.15, 0.2) is 0 Å². The van der Waals surface area contributed by atoms with Crippen molar-refractivity contribution in [3.05, 3.63) is 58.9 Å². The maximum atomic E-state index is 12.5. The molecule has 2 aromatic carbocycles. The first-order chi connectivity index (χ1) is 13.1. The summed E-state index contributed by atoms with van der Waals surface area (Å²) in [5, 5.41) is 3.56. The van der Waals surface area contributed by atoms with Crippen molar-refractivity contribution in [1.29, 1.82) is 0 Å². The molecule has 8 heteroatoms. The smallest absolute Gasteiger partial charge is 0.238 e. The van der Waals surface area contributed by atoms with E-state index in [-0.39, 0.29) is 18.0 Å². The zero-order chi connectivity index (χ0) is 18.8. The van der Waals surface area contributed by atoms with E-state index in [1.54, 1.807) is 13.2 Å². The molecule has 1 saturated heterocycles. The van der Waals surface area contributed by atoms with E-state index in [9.17, 15) is 4.79 Å².